The molecule has 3 aliphatic carbocycles. The van der Waals surface area contributed by atoms with Crippen LogP contribution in [0.5, 0.6) is 0 Å². The van der Waals surface area contributed by atoms with E-state index in [1.54, 1.807) is 11.1 Å². The number of fused-ring (bicyclic) bond motifs is 2. The van der Waals surface area contributed by atoms with Gasteiger partial charge in [-0.25, -0.2) is 0 Å². The van der Waals surface area contributed by atoms with Crippen LogP contribution in [0.25, 0.3) is 0 Å². The molecule has 0 aliphatic heterocycles. The van der Waals surface area contributed by atoms with Crippen molar-refractivity contribution < 1.29 is 4.79 Å². The van der Waals surface area contributed by atoms with Gasteiger partial charge < -0.3 is 0 Å². The van der Waals surface area contributed by atoms with Gasteiger partial charge in [0, 0.05) is 6.42 Å². The lowest BCUT2D eigenvalue weighted by molar-refractivity contribution is -0.114. The first-order chi connectivity index (χ1) is 7.69. The second-order valence-corrected chi connectivity index (χ2v) is 5.86. The zero-order chi connectivity index (χ0) is 11.2. The maximum atomic E-state index is 11.5. The van der Waals surface area contributed by atoms with Gasteiger partial charge in [-0.15, -0.1) is 0 Å². The highest BCUT2D eigenvalue weighted by Gasteiger charge is 2.38. The molecule has 1 saturated carbocycles. The second-order valence-electron chi connectivity index (χ2n) is 5.86. The summed E-state index contributed by atoms with van der Waals surface area (Å²) in [6.07, 6.45) is 11.5. The summed E-state index contributed by atoms with van der Waals surface area (Å²) in [6.45, 7) is 2.45. The van der Waals surface area contributed by atoms with Gasteiger partial charge in [0.2, 0.25) is 0 Å². The van der Waals surface area contributed by atoms with E-state index < -0.39 is 0 Å². The van der Waals surface area contributed by atoms with Crippen molar-refractivity contribution in [3.05, 3.63) is 22.8 Å². The molecular weight excluding hydrogens is 196 g/mol. The molecule has 1 fully saturated rings. The molecule has 1 unspecified atom stereocenters. The van der Waals surface area contributed by atoms with Crippen LogP contribution in [0.3, 0.4) is 0 Å². The molecule has 0 aromatic rings. The predicted molar refractivity (Wildman–Crippen MR) is 65.2 cm³/mol. The zero-order valence-electron chi connectivity index (χ0n) is 10.1. The summed E-state index contributed by atoms with van der Waals surface area (Å²) in [5.41, 5.74) is 5.15. The molecule has 1 nitrogen and oxygen atoms in total. The summed E-state index contributed by atoms with van der Waals surface area (Å²) >= 11 is 0. The molecule has 16 heavy (non-hydrogen) atoms. The van der Waals surface area contributed by atoms with Gasteiger partial charge in [-0.2, -0.15) is 0 Å². The number of carbonyl (C=O) groups is 1. The van der Waals surface area contributed by atoms with E-state index in [1.807, 2.05) is 6.08 Å². The minimum absolute atomic E-state index is 0.346. The largest absolute Gasteiger partial charge is 0.295 e. The number of allylic oxidation sites excluding steroid dienone is 4. The van der Waals surface area contributed by atoms with Gasteiger partial charge in [-0.05, 0) is 61.2 Å². The Morgan fingerprint density at radius 2 is 1.94 bits per heavy atom. The van der Waals surface area contributed by atoms with Crippen LogP contribution in [-0.2, 0) is 4.79 Å². The van der Waals surface area contributed by atoms with Crippen LogP contribution in [0.15, 0.2) is 22.8 Å². The Kier molecular flexibility index (Phi) is 2.31. The van der Waals surface area contributed by atoms with E-state index in [0.29, 0.717) is 11.2 Å². The molecule has 3 rings (SSSR count). The SMILES string of the molecule is CC12CCCCC1=C1CCC(=O)C=C1CC2. The van der Waals surface area contributed by atoms with Gasteiger partial charge in [0.15, 0.2) is 5.78 Å². The van der Waals surface area contributed by atoms with Gasteiger partial charge in [0.25, 0.3) is 0 Å². The molecule has 1 heteroatoms. The smallest absolute Gasteiger partial charge is 0.156 e. The van der Waals surface area contributed by atoms with Crippen LogP contribution in [-0.4, -0.2) is 5.78 Å². The van der Waals surface area contributed by atoms with E-state index >= 15 is 0 Å². The summed E-state index contributed by atoms with van der Waals surface area (Å²) in [5.74, 6) is 0.346. The summed E-state index contributed by atoms with van der Waals surface area (Å²) in [5, 5.41) is 0. The first-order valence-corrected chi connectivity index (χ1v) is 6.65. The fourth-order valence-corrected chi connectivity index (χ4v) is 3.80. The number of ketones is 1. The van der Waals surface area contributed by atoms with Crippen LogP contribution >= 0.6 is 0 Å². The number of hydrogen-bond acceptors (Lipinski definition) is 1. The Labute approximate surface area is 97.6 Å². The van der Waals surface area contributed by atoms with Gasteiger partial charge in [0.05, 0.1) is 0 Å². The lowest BCUT2D eigenvalue weighted by Crippen LogP contribution is -2.29. The normalized spacial score (nSPS) is 34.3. The maximum absolute atomic E-state index is 11.5. The molecule has 0 aromatic carbocycles. The molecule has 3 aliphatic rings. The van der Waals surface area contributed by atoms with E-state index in [4.69, 9.17) is 0 Å². The van der Waals surface area contributed by atoms with E-state index in [9.17, 15) is 4.79 Å². The lowest BCUT2D eigenvalue weighted by atomic mass is 9.61. The van der Waals surface area contributed by atoms with Crippen molar-refractivity contribution in [1.82, 2.24) is 0 Å². The fraction of sp³-hybridized carbons (Fsp3) is 0.667. The minimum atomic E-state index is 0.346. The molecule has 0 spiro atoms. The molecule has 0 heterocycles. The third-order valence-electron chi connectivity index (χ3n) is 4.79. The second kappa shape index (κ2) is 3.58. The average Bonchev–Trinajstić information content (AvgIpc) is 2.28. The van der Waals surface area contributed by atoms with Crippen molar-refractivity contribution in [2.24, 2.45) is 5.41 Å². The fourth-order valence-electron chi connectivity index (χ4n) is 3.80. The Bertz CT molecular complexity index is 400. The highest BCUT2D eigenvalue weighted by molar-refractivity contribution is 5.93. The Balaban J connectivity index is 2.07. The number of carbonyl (C=O) groups excluding carboxylic acids is 1. The maximum Gasteiger partial charge on any atom is 0.156 e. The van der Waals surface area contributed by atoms with Crippen molar-refractivity contribution in [2.75, 3.05) is 0 Å². The molecule has 86 valence electrons. The Morgan fingerprint density at radius 3 is 2.81 bits per heavy atom. The van der Waals surface area contributed by atoms with Gasteiger partial charge in [0.1, 0.15) is 0 Å². The molecule has 1 atom stereocenters. The van der Waals surface area contributed by atoms with Gasteiger partial charge in [-0.3, -0.25) is 4.79 Å². The van der Waals surface area contributed by atoms with Crippen LogP contribution in [0, 0.1) is 5.41 Å². The van der Waals surface area contributed by atoms with Gasteiger partial charge >= 0.3 is 0 Å². The lowest BCUT2D eigenvalue weighted by Gasteiger charge is -2.43. The number of hydrogen-bond donors (Lipinski definition) is 0. The van der Waals surface area contributed by atoms with Crippen LogP contribution in [0.4, 0.5) is 0 Å². The highest BCUT2D eigenvalue weighted by Crippen LogP contribution is 2.52. The topological polar surface area (TPSA) is 17.1 Å². The molecule has 0 bridgehead atoms. The van der Waals surface area contributed by atoms with Crippen LogP contribution in [0.2, 0.25) is 0 Å². The minimum Gasteiger partial charge on any atom is -0.295 e. The molecule has 0 N–H and O–H groups in total. The molecule has 0 amide bonds. The van der Waals surface area contributed by atoms with Crippen molar-refractivity contribution in [1.29, 1.82) is 0 Å². The molecule has 0 radical (unpaired) electrons. The molecule has 0 aromatic heterocycles. The highest BCUT2D eigenvalue weighted by atomic mass is 16.1. The summed E-state index contributed by atoms with van der Waals surface area (Å²) in [4.78, 5) is 11.5. The van der Waals surface area contributed by atoms with E-state index in [1.165, 1.54) is 37.7 Å². The Hall–Kier alpha value is -0.850. The quantitative estimate of drug-likeness (QED) is 0.599. The summed E-state index contributed by atoms with van der Waals surface area (Å²) in [7, 11) is 0. The first kappa shape index (κ1) is 10.3. The van der Waals surface area contributed by atoms with E-state index in [2.05, 4.69) is 6.92 Å². The monoisotopic (exact) mass is 216 g/mol. The predicted octanol–water partition coefficient (Wildman–Crippen LogP) is 3.95. The third-order valence-corrected chi connectivity index (χ3v) is 4.79. The van der Waals surface area contributed by atoms with Crippen LogP contribution in [0.1, 0.15) is 58.3 Å². The van der Waals surface area contributed by atoms with E-state index in [0.717, 1.165) is 19.3 Å². The molecule has 0 saturated heterocycles. The Morgan fingerprint density at radius 1 is 1.06 bits per heavy atom. The standard InChI is InChI=1S/C15H20O/c1-15-8-3-2-4-14(15)13-6-5-12(16)10-11(13)7-9-15/h10H,2-9H2,1H3. The average molecular weight is 216 g/mol. The summed E-state index contributed by atoms with van der Waals surface area (Å²) < 4.78 is 0. The molecular formula is C15H20O. The van der Waals surface area contributed by atoms with Gasteiger partial charge in [-0.1, -0.05) is 18.9 Å². The van der Waals surface area contributed by atoms with Crippen molar-refractivity contribution in [2.45, 2.75) is 58.3 Å². The van der Waals surface area contributed by atoms with Crippen molar-refractivity contribution in [3.63, 3.8) is 0 Å². The van der Waals surface area contributed by atoms with E-state index in [-0.39, 0.29) is 0 Å². The third kappa shape index (κ3) is 1.49. The first-order valence-electron chi connectivity index (χ1n) is 6.65. The van der Waals surface area contributed by atoms with Crippen molar-refractivity contribution in [3.8, 4) is 0 Å². The summed E-state index contributed by atoms with van der Waals surface area (Å²) in [6, 6.07) is 0. The van der Waals surface area contributed by atoms with Crippen LogP contribution < -0.4 is 0 Å². The van der Waals surface area contributed by atoms with Crippen molar-refractivity contribution >= 4 is 5.78 Å². The zero-order valence-corrected chi connectivity index (χ0v) is 10.1. The number of rotatable bonds is 0.